The van der Waals surface area contributed by atoms with Crippen molar-refractivity contribution in [3.63, 3.8) is 0 Å². The zero-order valence-corrected chi connectivity index (χ0v) is 54.3. The molecule has 0 aromatic heterocycles. The number of halogens is 36. The highest BCUT2D eigenvalue weighted by Crippen LogP contribution is 2.60. The zero-order valence-electron chi connectivity index (χ0n) is 54.3. The first-order chi connectivity index (χ1) is 53.5. The molecule has 600 valence electrons. The van der Waals surface area contributed by atoms with Gasteiger partial charge in [-0.3, -0.25) is 0 Å². The molecule has 5 nitrogen and oxygen atoms in total. The minimum absolute atomic E-state index is 0.0186. The van der Waals surface area contributed by atoms with Crippen molar-refractivity contribution in [1.82, 2.24) is 0 Å². The van der Waals surface area contributed by atoms with E-state index in [-0.39, 0.29) is 103 Å². The van der Waals surface area contributed by atoms with Crippen LogP contribution in [0.3, 0.4) is 0 Å². The smallest absolute Gasteiger partial charge is 0.411 e. The molecule has 11 aromatic rings. The van der Waals surface area contributed by atoms with Crippen LogP contribution in [0.1, 0.15) is 27.8 Å². The predicted molar refractivity (Wildman–Crippen MR) is 321 cm³/mol. The summed E-state index contributed by atoms with van der Waals surface area (Å²) in [6.45, 7) is 0. The first-order valence-corrected chi connectivity index (χ1v) is 30.3. The molecule has 0 aliphatic carbocycles. The van der Waals surface area contributed by atoms with Crippen LogP contribution in [-0.4, -0.2) is 24.7 Å². The van der Waals surface area contributed by atoms with Crippen LogP contribution in [0.4, 0.5) is 158 Å². The van der Waals surface area contributed by atoms with Gasteiger partial charge in [-0.15, -0.1) is 6.42 Å². The molecule has 0 fully saturated rings. The summed E-state index contributed by atoms with van der Waals surface area (Å²) in [5, 5.41) is 0. The van der Waals surface area contributed by atoms with Crippen molar-refractivity contribution in [1.29, 1.82) is 0 Å². The van der Waals surface area contributed by atoms with Gasteiger partial charge in [0.2, 0.25) is 97.7 Å². The van der Waals surface area contributed by atoms with Crippen LogP contribution in [0.2, 0.25) is 0 Å². The zero-order chi connectivity index (χ0) is 85.1. The molecule has 115 heavy (non-hydrogen) atoms. The van der Waals surface area contributed by atoms with Gasteiger partial charge in [-0.25, -0.2) is 61.5 Å². The number of benzene rings is 11. The quantitative estimate of drug-likeness (QED) is 0.0516. The summed E-state index contributed by atoms with van der Waals surface area (Å²) >= 11 is 0. The Morgan fingerprint density at radius 1 is 0.209 bits per heavy atom. The van der Waals surface area contributed by atoms with Crippen LogP contribution in [0.15, 0.2) is 127 Å². The van der Waals surface area contributed by atoms with Crippen molar-refractivity contribution >= 4 is 0 Å². The summed E-state index contributed by atoms with van der Waals surface area (Å²) in [5.74, 6) is -82.7. The Hall–Kier alpha value is -12.5. The molecule has 41 heteroatoms. The van der Waals surface area contributed by atoms with Crippen LogP contribution in [0.5, 0.6) is 57.5 Å². The van der Waals surface area contributed by atoms with E-state index in [0.29, 0.717) is 0 Å². The van der Waals surface area contributed by atoms with Crippen molar-refractivity contribution in [2.75, 3.05) is 0 Å². The Labute approximate surface area is 613 Å². The van der Waals surface area contributed by atoms with Crippen molar-refractivity contribution in [3.8, 4) is 103 Å². The summed E-state index contributed by atoms with van der Waals surface area (Å²) < 4.78 is 572. The number of rotatable bonds is 17. The van der Waals surface area contributed by atoms with E-state index in [1.165, 1.54) is 6.07 Å². The van der Waals surface area contributed by atoms with E-state index in [1.54, 1.807) is 0 Å². The van der Waals surface area contributed by atoms with Gasteiger partial charge in [0, 0.05) is 11.6 Å². The molecule has 0 bridgehead atoms. The molecule has 0 saturated heterocycles. The molecule has 0 atom stereocenters. The lowest BCUT2D eigenvalue weighted by Crippen LogP contribution is -2.54. The van der Waals surface area contributed by atoms with Crippen molar-refractivity contribution in [2.45, 2.75) is 35.5 Å². The number of alkyl halides is 12. The van der Waals surface area contributed by atoms with E-state index in [0.717, 1.165) is 18.2 Å². The fraction of sp³-hybridized carbons (Fsp3) is 0.0811. The summed E-state index contributed by atoms with van der Waals surface area (Å²) in [4.78, 5) is 0. The monoisotopic (exact) mass is 1670 g/mol. The largest absolute Gasteiger partial charge is 0.451 e. The first kappa shape index (κ1) is 83.4. The number of terminal acetylenes is 1. The third-order valence-corrected chi connectivity index (χ3v) is 16.9. The van der Waals surface area contributed by atoms with Crippen LogP contribution in [-0.2, 0) is 10.8 Å². The third-order valence-electron chi connectivity index (χ3n) is 16.9. The lowest BCUT2D eigenvalue weighted by Gasteiger charge is -2.38. The first-order valence-electron chi connectivity index (χ1n) is 30.3. The molecule has 0 amide bonds. The van der Waals surface area contributed by atoms with Gasteiger partial charge in [-0.05, 0) is 89.0 Å². The Morgan fingerprint density at radius 3 is 0.574 bits per heavy atom. The Kier molecular flexibility index (Phi) is 21.6. The molecule has 0 saturated carbocycles. The minimum Gasteiger partial charge on any atom is -0.451 e. The number of hydrogen-bond donors (Lipinski definition) is 0. The van der Waals surface area contributed by atoms with Crippen LogP contribution < -0.4 is 23.7 Å². The van der Waals surface area contributed by atoms with E-state index in [4.69, 9.17) is 11.2 Å². The molecular weight excluding hydrogens is 1650 g/mol. The van der Waals surface area contributed by atoms with Crippen molar-refractivity contribution < 1.29 is 182 Å². The molecule has 0 N–H and O–H groups in total. The Morgan fingerprint density at radius 2 is 0.391 bits per heavy atom. The van der Waals surface area contributed by atoms with Crippen LogP contribution in [0.25, 0.3) is 33.4 Å². The maximum absolute atomic E-state index is 15.8. The van der Waals surface area contributed by atoms with E-state index in [1.807, 2.05) is 0 Å². The van der Waals surface area contributed by atoms with Gasteiger partial charge >= 0.3 is 24.7 Å². The molecule has 0 spiro atoms. The maximum atomic E-state index is 15.8. The van der Waals surface area contributed by atoms with E-state index in [9.17, 15) is 17.6 Å². The normalized spacial score (nSPS) is 12.3. The molecule has 11 rings (SSSR count). The molecule has 0 radical (unpaired) electrons. The minimum atomic E-state index is -6.63. The van der Waals surface area contributed by atoms with Crippen molar-refractivity contribution in [3.05, 3.63) is 295 Å². The average molecular weight is 1670 g/mol. The highest BCUT2D eigenvalue weighted by molar-refractivity contribution is 5.72. The van der Waals surface area contributed by atoms with Gasteiger partial charge < -0.3 is 23.7 Å². The van der Waals surface area contributed by atoms with Gasteiger partial charge in [0.25, 0.3) is 0 Å². The average Bonchev–Trinajstić information content (AvgIpc) is 0.718. The molecule has 11 aromatic carbocycles. The van der Waals surface area contributed by atoms with Gasteiger partial charge in [-0.2, -0.15) is 96.6 Å². The van der Waals surface area contributed by atoms with Gasteiger partial charge in [-0.1, -0.05) is 60.5 Å². The summed E-state index contributed by atoms with van der Waals surface area (Å²) in [6, 6.07) is 2.49. The van der Waals surface area contributed by atoms with E-state index >= 15 is 140 Å². The highest BCUT2D eigenvalue weighted by Gasteiger charge is 2.74. The fourth-order valence-electron chi connectivity index (χ4n) is 11.7. The summed E-state index contributed by atoms with van der Waals surface area (Å²) in [6.07, 6.45) is -21.3. The molecule has 0 heterocycles. The Balaban J connectivity index is 0.840. The number of ether oxygens (including phenoxy) is 5. The van der Waals surface area contributed by atoms with Gasteiger partial charge in [0.15, 0.2) is 81.4 Å². The lowest BCUT2D eigenvalue weighted by atomic mass is 9.73. The van der Waals surface area contributed by atoms with Gasteiger partial charge in [0.05, 0.1) is 33.4 Å². The van der Waals surface area contributed by atoms with E-state index in [2.05, 4.69) is 24.9 Å². The predicted octanol–water partition coefficient (Wildman–Crippen LogP) is 25.8. The molecule has 0 unspecified atom stereocenters. The highest BCUT2D eigenvalue weighted by atomic mass is 19.4. The molecule has 0 aliphatic rings. The summed E-state index contributed by atoms with van der Waals surface area (Å²) in [5.41, 5.74) is -33.8. The number of hydrogen-bond acceptors (Lipinski definition) is 5. The molecular formula is C74H22F36O5. The summed E-state index contributed by atoms with van der Waals surface area (Å²) in [7, 11) is 0. The van der Waals surface area contributed by atoms with Crippen molar-refractivity contribution in [2.24, 2.45) is 0 Å². The fourth-order valence-corrected chi connectivity index (χ4v) is 11.7. The molecule has 0 aliphatic heterocycles. The maximum Gasteiger partial charge on any atom is 0.411 e. The Bertz CT molecular complexity index is 5610. The second-order valence-corrected chi connectivity index (χ2v) is 23.4. The topological polar surface area (TPSA) is 46.2 Å². The van der Waals surface area contributed by atoms with E-state index < -0.39 is 294 Å². The second-order valence-electron chi connectivity index (χ2n) is 23.4. The lowest BCUT2D eigenvalue weighted by molar-refractivity contribution is -0.290. The van der Waals surface area contributed by atoms with Crippen LogP contribution in [0, 0.1) is 152 Å². The SMILES string of the molecule is C#Cc1cccc(Oc2c(F)c(F)c(-c3c(F)c(F)c(Oc4ccc(C(c5ccc(Oc6c(F)c(F)c(-c7c(F)c(F)c(Oc8ccc(C(c9ccc(Oc%10c(F)c(F)c(-c%11c(F)c(F)cc(F)c%11F)c(F)c%10F)cc9)(C(F)(F)F)C(F)(F)F)cc8)c(F)c7F)c(F)c6F)cc5)(C(F)(F)F)C(F)(F)F)cc4)c(F)c3F)c(F)c2F)c1. The third kappa shape index (κ3) is 13.6. The van der Waals surface area contributed by atoms with Gasteiger partial charge in [0.1, 0.15) is 28.7 Å². The van der Waals surface area contributed by atoms with Crippen LogP contribution >= 0.6 is 0 Å². The standard InChI is InChI=1S/C74H22F36O5/c1-2-24-4-3-5-33(22-24)115-68-62(97)52(87)41(53(88)63(68)98)40-50(85)60(95)67(61(96)51(40)86)114-32-20-12-28(13-21-32)70(73(105,106)107,74(108,109)110)27-10-18-31(19-11-27)113-66-58(93)48(83)39(49(84)59(66)94)38-46(81)56(91)65(57(92)47(38)82)112-30-16-8-26(9-17-30)69(71(99,100)101,72(102,103)104)25-6-14-29(15-7-25)111-64-54(89)44(79)37(45(80)55(64)90)36-42(77)34(75)23-35(76)43(36)78/h1,3-23H. The second kappa shape index (κ2) is 29.8.